The summed E-state index contributed by atoms with van der Waals surface area (Å²) in [5.74, 6) is 0. The van der Waals surface area contributed by atoms with Gasteiger partial charge in [-0.25, -0.2) is 5.32 Å². The van der Waals surface area contributed by atoms with E-state index in [1.54, 1.807) is 0 Å². The molecule has 0 aromatic heterocycles. The standard InChI is InChI=1S/C8H17N2/c1-3-10-6-4-5-8(10)7-9-2/h8H,3-7H2,1-2H3. The van der Waals surface area contributed by atoms with Gasteiger partial charge >= 0.3 is 0 Å². The maximum atomic E-state index is 4.17. The molecule has 0 saturated carbocycles. The van der Waals surface area contributed by atoms with E-state index in [4.69, 9.17) is 0 Å². The van der Waals surface area contributed by atoms with Gasteiger partial charge in [-0.3, -0.25) is 4.90 Å². The molecule has 0 amide bonds. The Bertz CT molecular complexity index is 93.3. The summed E-state index contributed by atoms with van der Waals surface area (Å²) in [4.78, 5) is 2.52. The van der Waals surface area contributed by atoms with Crippen LogP contribution < -0.4 is 5.32 Å². The summed E-state index contributed by atoms with van der Waals surface area (Å²) < 4.78 is 0. The molecule has 0 aliphatic carbocycles. The van der Waals surface area contributed by atoms with Gasteiger partial charge < -0.3 is 0 Å². The third kappa shape index (κ3) is 1.70. The summed E-state index contributed by atoms with van der Waals surface area (Å²) in [6.07, 6.45) is 2.72. The smallest absolute Gasteiger partial charge is 0.0286 e. The minimum atomic E-state index is 0.759. The first-order valence-corrected chi connectivity index (χ1v) is 4.18. The Morgan fingerprint density at radius 2 is 2.40 bits per heavy atom. The van der Waals surface area contributed by atoms with Gasteiger partial charge in [-0.05, 0) is 25.9 Å². The highest BCUT2D eigenvalue weighted by Gasteiger charge is 2.21. The van der Waals surface area contributed by atoms with E-state index < -0.39 is 0 Å². The van der Waals surface area contributed by atoms with E-state index in [0.29, 0.717) is 0 Å². The van der Waals surface area contributed by atoms with Crippen LogP contribution in [-0.2, 0) is 0 Å². The van der Waals surface area contributed by atoms with Crippen molar-refractivity contribution < 1.29 is 0 Å². The first-order valence-electron chi connectivity index (χ1n) is 4.18. The monoisotopic (exact) mass is 141 g/mol. The van der Waals surface area contributed by atoms with Crippen molar-refractivity contribution in [3.8, 4) is 0 Å². The molecule has 2 heteroatoms. The summed E-state index contributed by atoms with van der Waals surface area (Å²) >= 11 is 0. The van der Waals surface area contributed by atoms with Gasteiger partial charge in [0.05, 0.1) is 0 Å². The molecule has 1 aliphatic rings. The Labute approximate surface area is 63.6 Å². The highest BCUT2D eigenvalue weighted by molar-refractivity contribution is 4.78. The average molecular weight is 141 g/mol. The number of rotatable bonds is 3. The van der Waals surface area contributed by atoms with Crippen LogP contribution in [0.5, 0.6) is 0 Å². The molecule has 59 valence electrons. The van der Waals surface area contributed by atoms with Crippen molar-refractivity contribution in [2.45, 2.75) is 25.8 Å². The van der Waals surface area contributed by atoms with E-state index in [-0.39, 0.29) is 0 Å². The van der Waals surface area contributed by atoms with Gasteiger partial charge in [0.15, 0.2) is 0 Å². The van der Waals surface area contributed by atoms with Gasteiger partial charge in [0.2, 0.25) is 0 Å². The molecule has 10 heavy (non-hydrogen) atoms. The zero-order valence-corrected chi connectivity index (χ0v) is 7.01. The Balaban J connectivity index is 2.27. The fraction of sp³-hybridized carbons (Fsp3) is 1.00. The normalized spacial score (nSPS) is 27.6. The molecule has 0 aromatic carbocycles. The second-order valence-electron chi connectivity index (χ2n) is 2.92. The van der Waals surface area contributed by atoms with Crippen LogP contribution in [0, 0.1) is 0 Å². The molecule has 1 atom stereocenters. The van der Waals surface area contributed by atoms with E-state index in [1.807, 2.05) is 7.05 Å². The minimum Gasteiger partial charge on any atom is -0.299 e. The molecular formula is C8H17N2. The van der Waals surface area contributed by atoms with Crippen LogP contribution in [0.2, 0.25) is 0 Å². The predicted octanol–water partition coefficient (Wildman–Crippen LogP) is 0.705. The topological polar surface area (TPSA) is 17.3 Å². The third-order valence-corrected chi connectivity index (χ3v) is 2.30. The number of nitrogens with zero attached hydrogens (tertiary/aromatic N) is 2. The van der Waals surface area contributed by atoms with Crippen molar-refractivity contribution in [2.75, 3.05) is 26.7 Å². The van der Waals surface area contributed by atoms with Crippen LogP contribution in [0.15, 0.2) is 0 Å². The molecule has 1 fully saturated rings. The van der Waals surface area contributed by atoms with Gasteiger partial charge in [0, 0.05) is 19.6 Å². The van der Waals surface area contributed by atoms with Crippen LogP contribution >= 0.6 is 0 Å². The van der Waals surface area contributed by atoms with Crippen molar-refractivity contribution in [1.29, 1.82) is 0 Å². The Morgan fingerprint density at radius 1 is 1.60 bits per heavy atom. The average Bonchev–Trinajstić information content (AvgIpc) is 2.36. The zero-order chi connectivity index (χ0) is 7.40. The molecule has 1 saturated heterocycles. The van der Waals surface area contributed by atoms with Crippen LogP contribution in [0.25, 0.3) is 0 Å². The third-order valence-electron chi connectivity index (χ3n) is 2.30. The molecule has 0 spiro atoms. The molecule has 0 aromatic rings. The minimum absolute atomic E-state index is 0.759. The van der Waals surface area contributed by atoms with Crippen LogP contribution in [0.3, 0.4) is 0 Å². The largest absolute Gasteiger partial charge is 0.299 e. The molecule has 1 heterocycles. The fourth-order valence-corrected chi connectivity index (χ4v) is 1.73. The fourth-order valence-electron chi connectivity index (χ4n) is 1.73. The van der Waals surface area contributed by atoms with Crippen molar-refractivity contribution in [1.82, 2.24) is 10.2 Å². The lowest BCUT2D eigenvalue weighted by Gasteiger charge is -2.21. The molecule has 1 radical (unpaired) electrons. The van der Waals surface area contributed by atoms with Crippen molar-refractivity contribution >= 4 is 0 Å². The van der Waals surface area contributed by atoms with Gasteiger partial charge in [-0.1, -0.05) is 6.92 Å². The number of likely N-dealkylation sites (N-methyl/N-ethyl adjacent to an activating group) is 2. The van der Waals surface area contributed by atoms with E-state index in [1.165, 1.54) is 25.9 Å². The van der Waals surface area contributed by atoms with E-state index in [2.05, 4.69) is 17.1 Å². The lowest BCUT2D eigenvalue weighted by atomic mass is 10.2. The molecule has 1 unspecified atom stereocenters. The quantitative estimate of drug-likeness (QED) is 0.565. The molecule has 0 N–H and O–H groups in total. The zero-order valence-electron chi connectivity index (χ0n) is 7.01. The molecule has 1 rings (SSSR count). The summed E-state index contributed by atoms with van der Waals surface area (Å²) in [5.41, 5.74) is 0. The molecule has 2 nitrogen and oxygen atoms in total. The summed E-state index contributed by atoms with van der Waals surface area (Å²) in [6.45, 7) is 5.75. The Hall–Kier alpha value is -0.0800. The summed E-state index contributed by atoms with van der Waals surface area (Å²) in [7, 11) is 1.91. The highest BCUT2D eigenvalue weighted by atomic mass is 15.2. The van der Waals surface area contributed by atoms with E-state index in [0.717, 1.165) is 12.6 Å². The maximum Gasteiger partial charge on any atom is 0.0286 e. The molecule has 0 bridgehead atoms. The number of likely N-dealkylation sites (tertiary alicyclic amines) is 1. The number of hydrogen-bond acceptors (Lipinski definition) is 1. The summed E-state index contributed by atoms with van der Waals surface area (Å²) in [6, 6.07) is 0.759. The van der Waals surface area contributed by atoms with Gasteiger partial charge in [-0.15, -0.1) is 0 Å². The van der Waals surface area contributed by atoms with Crippen molar-refractivity contribution in [3.63, 3.8) is 0 Å². The maximum absolute atomic E-state index is 4.17. The second-order valence-corrected chi connectivity index (χ2v) is 2.92. The first kappa shape index (κ1) is 8.02. The number of hydrogen-bond donors (Lipinski definition) is 0. The van der Waals surface area contributed by atoms with E-state index in [9.17, 15) is 0 Å². The molecule has 1 aliphatic heterocycles. The highest BCUT2D eigenvalue weighted by Crippen LogP contribution is 2.15. The summed E-state index contributed by atoms with van der Waals surface area (Å²) in [5, 5.41) is 4.17. The van der Waals surface area contributed by atoms with Gasteiger partial charge in [0.25, 0.3) is 0 Å². The molecular weight excluding hydrogens is 124 g/mol. The second kappa shape index (κ2) is 3.94. The lowest BCUT2D eigenvalue weighted by Crippen LogP contribution is -2.34. The SMILES string of the molecule is CCN1CCCC1C[N]C. The predicted molar refractivity (Wildman–Crippen MR) is 43.2 cm³/mol. The van der Waals surface area contributed by atoms with Gasteiger partial charge in [-0.2, -0.15) is 0 Å². The Kier molecular flexibility index (Phi) is 3.16. The lowest BCUT2D eigenvalue weighted by molar-refractivity contribution is 0.263. The van der Waals surface area contributed by atoms with E-state index >= 15 is 0 Å². The van der Waals surface area contributed by atoms with Crippen molar-refractivity contribution in [3.05, 3.63) is 0 Å². The first-order chi connectivity index (χ1) is 4.88. The van der Waals surface area contributed by atoms with Crippen LogP contribution in [0.1, 0.15) is 19.8 Å². The van der Waals surface area contributed by atoms with Crippen molar-refractivity contribution in [2.24, 2.45) is 0 Å². The Morgan fingerprint density at radius 3 is 3.00 bits per heavy atom. The van der Waals surface area contributed by atoms with Gasteiger partial charge in [0.1, 0.15) is 0 Å². The van der Waals surface area contributed by atoms with Crippen LogP contribution in [0.4, 0.5) is 0 Å². The van der Waals surface area contributed by atoms with Crippen LogP contribution in [-0.4, -0.2) is 37.6 Å².